The zero-order valence-electron chi connectivity index (χ0n) is 12.5. The number of rotatable bonds is 2. The fourth-order valence-corrected chi connectivity index (χ4v) is 2.83. The van der Waals surface area contributed by atoms with Crippen LogP contribution in [0, 0.1) is 0 Å². The van der Waals surface area contributed by atoms with Gasteiger partial charge in [0.2, 0.25) is 0 Å². The Bertz CT molecular complexity index is 984. The van der Waals surface area contributed by atoms with Gasteiger partial charge in [-0.05, 0) is 42.6 Å². The van der Waals surface area contributed by atoms with Crippen LogP contribution >= 0.6 is 12.2 Å². The van der Waals surface area contributed by atoms with E-state index in [4.69, 9.17) is 12.2 Å². The SMILES string of the molecule is O=C1C(=Cc2cnc3ccccc3n2)NC(=S)N1c1ccccc1. The van der Waals surface area contributed by atoms with E-state index in [1.54, 1.807) is 12.3 Å². The van der Waals surface area contributed by atoms with Crippen LogP contribution in [0.25, 0.3) is 17.1 Å². The highest BCUT2D eigenvalue weighted by Crippen LogP contribution is 2.22. The predicted octanol–water partition coefficient (Wildman–Crippen LogP) is 2.89. The molecular weight excluding hydrogens is 320 g/mol. The maximum atomic E-state index is 12.6. The Morgan fingerprint density at radius 3 is 2.50 bits per heavy atom. The van der Waals surface area contributed by atoms with Gasteiger partial charge in [-0.15, -0.1) is 0 Å². The van der Waals surface area contributed by atoms with Crippen molar-refractivity contribution in [1.29, 1.82) is 0 Å². The Morgan fingerprint density at radius 1 is 1.00 bits per heavy atom. The Morgan fingerprint density at radius 2 is 1.71 bits per heavy atom. The third-order valence-corrected chi connectivity index (χ3v) is 3.94. The molecule has 1 aromatic heterocycles. The standard InChI is InChI=1S/C18H12N4OS/c23-17-16(21-18(24)22(17)13-6-2-1-3-7-13)10-12-11-19-14-8-4-5-9-15(14)20-12/h1-11H,(H,21,24). The number of fused-ring (bicyclic) bond motifs is 1. The quantitative estimate of drug-likeness (QED) is 0.578. The highest BCUT2D eigenvalue weighted by molar-refractivity contribution is 7.80. The van der Waals surface area contributed by atoms with Crippen molar-refractivity contribution in [2.75, 3.05) is 4.90 Å². The van der Waals surface area contributed by atoms with Crippen molar-refractivity contribution in [3.63, 3.8) is 0 Å². The van der Waals surface area contributed by atoms with Crippen molar-refractivity contribution in [2.45, 2.75) is 0 Å². The van der Waals surface area contributed by atoms with Crippen LogP contribution in [0.3, 0.4) is 0 Å². The number of thiocarbonyl (C=S) groups is 1. The average Bonchev–Trinajstić information content (AvgIpc) is 2.89. The first-order chi connectivity index (χ1) is 11.7. The summed E-state index contributed by atoms with van der Waals surface area (Å²) in [6.45, 7) is 0. The van der Waals surface area contributed by atoms with Gasteiger partial charge in [0.05, 0.1) is 28.6 Å². The van der Waals surface area contributed by atoms with E-state index < -0.39 is 0 Å². The minimum absolute atomic E-state index is 0.207. The zero-order valence-corrected chi connectivity index (χ0v) is 13.3. The molecule has 0 radical (unpaired) electrons. The average molecular weight is 332 g/mol. The van der Waals surface area contributed by atoms with Gasteiger partial charge in [0.15, 0.2) is 5.11 Å². The summed E-state index contributed by atoms with van der Waals surface area (Å²) in [4.78, 5) is 23.0. The molecule has 24 heavy (non-hydrogen) atoms. The number of nitrogens with one attached hydrogen (secondary N) is 1. The summed E-state index contributed by atoms with van der Waals surface area (Å²) in [5.74, 6) is -0.207. The van der Waals surface area contributed by atoms with E-state index in [0.29, 0.717) is 16.5 Å². The topological polar surface area (TPSA) is 58.1 Å². The normalized spacial score (nSPS) is 16.0. The number of carbonyl (C=O) groups is 1. The van der Waals surface area contributed by atoms with E-state index in [1.165, 1.54) is 4.90 Å². The Hall–Kier alpha value is -3.12. The summed E-state index contributed by atoms with van der Waals surface area (Å²) in [5.41, 5.74) is 3.30. The lowest BCUT2D eigenvalue weighted by atomic mass is 10.2. The van der Waals surface area contributed by atoms with E-state index in [0.717, 1.165) is 16.7 Å². The van der Waals surface area contributed by atoms with Crippen molar-refractivity contribution in [2.24, 2.45) is 0 Å². The molecule has 1 fully saturated rings. The van der Waals surface area contributed by atoms with Gasteiger partial charge in [0.25, 0.3) is 5.91 Å². The number of anilines is 1. The Balaban J connectivity index is 1.70. The molecule has 2 aromatic carbocycles. The molecule has 0 spiro atoms. The molecular formula is C18H12N4OS. The van der Waals surface area contributed by atoms with Crippen molar-refractivity contribution in [3.05, 3.63) is 72.2 Å². The van der Waals surface area contributed by atoms with Crippen LogP contribution in [-0.4, -0.2) is 21.0 Å². The Labute approximate surface area is 143 Å². The monoisotopic (exact) mass is 332 g/mol. The molecule has 0 atom stereocenters. The highest BCUT2D eigenvalue weighted by atomic mass is 32.1. The minimum Gasteiger partial charge on any atom is -0.327 e. The van der Waals surface area contributed by atoms with E-state index in [1.807, 2.05) is 54.6 Å². The first kappa shape index (κ1) is 14.5. The minimum atomic E-state index is -0.207. The molecule has 116 valence electrons. The number of para-hydroxylation sites is 3. The van der Waals surface area contributed by atoms with Crippen LogP contribution in [0.1, 0.15) is 5.69 Å². The molecule has 0 saturated carbocycles. The van der Waals surface area contributed by atoms with Crippen molar-refractivity contribution >= 4 is 46.0 Å². The van der Waals surface area contributed by atoms with E-state index in [2.05, 4.69) is 15.3 Å². The Kier molecular flexibility index (Phi) is 3.51. The summed E-state index contributed by atoms with van der Waals surface area (Å²) >= 11 is 5.29. The molecule has 0 unspecified atom stereocenters. The van der Waals surface area contributed by atoms with Crippen LogP contribution in [0.2, 0.25) is 0 Å². The number of amides is 1. The summed E-state index contributed by atoms with van der Waals surface area (Å²) in [6.07, 6.45) is 3.30. The molecule has 0 bridgehead atoms. The maximum absolute atomic E-state index is 12.6. The fourth-order valence-electron chi connectivity index (χ4n) is 2.54. The van der Waals surface area contributed by atoms with Crippen molar-refractivity contribution in [3.8, 4) is 0 Å². The third-order valence-electron chi connectivity index (χ3n) is 3.65. The van der Waals surface area contributed by atoms with Crippen molar-refractivity contribution < 1.29 is 4.79 Å². The maximum Gasteiger partial charge on any atom is 0.281 e. The largest absolute Gasteiger partial charge is 0.327 e. The number of benzene rings is 2. The lowest BCUT2D eigenvalue weighted by Crippen LogP contribution is -2.30. The highest BCUT2D eigenvalue weighted by Gasteiger charge is 2.31. The van der Waals surface area contributed by atoms with Crippen LogP contribution in [0.15, 0.2) is 66.5 Å². The van der Waals surface area contributed by atoms with Gasteiger partial charge in [-0.2, -0.15) is 0 Å². The van der Waals surface area contributed by atoms with Gasteiger partial charge in [-0.1, -0.05) is 30.3 Å². The van der Waals surface area contributed by atoms with Gasteiger partial charge >= 0.3 is 0 Å². The van der Waals surface area contributed by atoms with Gasteiger partial charge in [0.1, 0.15) is 5.70 Å². The molecule has 6 heteroatoms. The smallest absolute Gasteiger partial charge is 0.281 e. The second kappa shape index (κ2) is 5.82. The predicted molar refractivity (Wildman–Crippen MR) is 97.2 cm³/mol. The molecule has 0 aliphatic carbocycles. The van der Waals surface area contributed by atoms with E-state index in [9.17, 15) is 4.79 Å². The number of nitrogens with zero attached hydrogens (tertiary/aromatic N) is 3. The third kappa shape index (κ3) is 2.53. The van der Waals surface area contributed by atoms with Gasteiger partial charge in [0, 0.05) is 0 Å². The number of hydrogen-bond donors (Lipinski definition) is 1. The fraction of sp³-hybridized carbons (Fsp3) is 0. The second-order valence-electron chi connectivity index (χ2n) is 5.25. The van der Waals surface area contributed by atoms with Crippen LogP contribution in [0.4, 0.5) is 5.69 Å². The molecule has 5 nitrogen and oxygen atoms in total. The molecule has 4 rings (SSSR count). The first-order valence-corrected chi connectivity index (χ1v) is 7.77. The first-order valence-electron chi connectivity index (χ1n) is 7.36. The number of carbonyl (C=O) groups excluding carboxylic acids is 1. The van der Waals surface area contributed by atoms with Crippen LogP contribution < -0.4 is 10.2 Å². The van der Waals surface area contributed by atoms with E-state index in [-0.39, 0.29) is 5.91 Å². The molecule has 1 amide bonds. The van der Waals surface area contributed by atoms with Gasteiger partial charge in [-0.25, -0.2) is 4.98 Å². The number of hydrogen-bond acceptors (Lipinski definition) is 4. The molecule has 3 aromatic rings. The molecule has 1 saturated heterocycles. The summed E-state index contributed by atoms with van der Waals surface area (Å²) in [6, 6.07) is 16.9. The molecule has 1 aliphatic heterocycles. The van der Waals surface area contributed by atoms with E-state index >= 15 is 0 Å². The molecule has 1 N–H and O–H groups in total. The zero-order chi connectivity index (χ0) is 16.5. The summed E-state index contributed by atoms with van der Waals surface area (Å²) in [5, 5.41) is 3.30. The lowest BCUT2D eigenvalue weighted by molar-refractivity contribution is -0.113. The second-order valence-corrected chi connectivity index (χ2v) is 5.63. The van der Waals surface area contributed by atoms with Crippen LogP contribution in [-0.2, 0) is 4.79 Å². The van der Waals surface area contributed by atoms with Crippen molar-refractivity contribution in [1.82, 2.24) is 15.3 Å². The summed E-state index contributed by atoms with van der Waals surface area (Å²) < 4.78 is 0. The van der Waals surface area contributed by atoms with Gasteiger partial charge < -0.3 is 5.32 Å². The molecule has 2 heterocycles. The molecule has 1 aliphatic rings. The lowest BCUT2D eigenvalue weighted by Gasteiger charge is -2.13. The van der Waals surface area contributed by atoms with Crippen LogP contribution in [0.5, 0.6) is 0 Å². The number of aromatic nitrogens is 2. The summed E-state index contributed by atoms with van der Waals surface area (Å²) in [7, 11) is 0. The van der Waals surface area contributed by atoms with Gasteiger partial charge in [-0.3, -0.25) is 14.7 Å².